The third-order valence-corrected chi connectivity index (χ3v) is 4.65. The van der Waals surface area contributed by atoms with Crippen LogP contribution in [0.25, 0.3) is 0 Å². The first-order chi connectivity index (χ1) is 8.65. The van der Waals surface area contributed by atoms with E-state index in [1.54, 1.807) is 0 Å². The number of carbonyl (C=O) groups is 1. The Kier molecular flexibility index (Phi) is 3.16. The molecule has 1 fully saturated rings. The van der Waals surface area contributed by atoms with E-state index in [0.717, 1.165) is 30.3 Å². The van der Waals surface area contributed by atoms with Crippen molar-refractivity contribution in [1.29, 1.82) is 0 Å². The highest BCUT2D eigenvalue weighted by atomic mass is 79.9. The molecule has 1 aliphatic heterocycles. The molecule has 96 valence electrons. The molecule has 3 rings (SSSR count). The lowest BCUT2D eigenvalue weighted by atomic mass is 10.1. The number of hydrogen-bond donors (Lipinski definition) is 1. The van der Waals surface area contributed by atoms with Crippen molar-refractivity contribution in [2.75, 3.05) is 13.1 Å². The second kappa shape index (κ2) is 4.67. The molecule has 0 amide bonds. The van der Waals surface area contributed by atoms with Crippen LogP contribution >= 0.6 is 15.9 Å². The van der Waals surface area contributed by atoms with E-state index in [1.165, 1.54) is 11.1 Å². The van der Waals surface area contributed by atoms with Gasteiger partial charge in [0.25, 0.3) is 0 Å². The molecule has 0 aromatic heterocycles. The molecule has 0 radical (unpaired) electrons. The summed E-state index contributed by atoms with van der Waals surface area (Å²) in [6.07, 6.45) is 3.02. The second-order valence-electron chi connectivity index (χ2n) is 5.22. The molecule has 2 aliphatic rings. The topological polar surface area (TPSA) is 40.5 Å². The number of carboxylic acids is 1. The van der Waals surface area contributed by atoms with Crippen molar-refractivity contribution in [3.63, 3.8) is 0 Å². The summed E-state index contributed by atoms with van der Waals surface area (Å²) < 4.78 is 1.13. The van der Waals surface area contributed by atoms with Crippen LogP contribution in [-0.4, -0.2) is 29.1 Å². The maximum atomic E-state index is 11.0. The van der Waals surface area contributed by atoms with Crippen molar-refractivity contribution in [3.8, 4) is 0 Å². The van der Waals surface area contributed by atoms with E-state index < -0.39 is 5.97 Å². The summed E-state index contributed by atoms with van der Waals surface area (Å²) in [5.74, 6) is -0.823. The molecular weight excluding hydrogens is 294 g/mol. The van der Waals surface area contributed by atoms with Crippen LogP contribution < -0.4 is 0 Å². The molecule has 0 bridgehead atoms. The maximum absolute atomic E-state index is 11.0. The molecule has 0 saturated carbocycles. The number of fused-ring (bicyclic) bond motifs is 1. The summed E-state index contributed by atoms with van der Waals surface area (Å²) in [5, 5.41) is 9.07. The number of nitrogens with zero attached hydrogens (tertiary/aromatic N) is 1. The minimum Gasteiger partial charge on any atom is -0.481 e. The van der Waals surface area contributed by atoms with Crippen LogP contribution in [0.5, 0.6) is 0 Å². The predicted octanol–water partition coefficient (Wildman–Crippen LogP) is 2.84. The van der Waals surface area contributed by atoms with Gasteiger partial charge in [0.15, 0.2) is 0 Å². The Balaban J connectivity index is 1.79. The van der Waals surface area contributed by atoms with Gasteiger partial charge in [-0.3, -0.25) is 9.69 Å². The Morgan fingerprint density at radius 1 is 1.39 bits per heavy atom. The van der Waals surface area contributed by atoms with Crippen molar-refractivity contribution in [3.05, 3.63) is 33.8 Å². The third-order valence-electron chi connectivity index (χ3n) is 4.16. The number of likely N-dealkylation sites (tertiary alicyclic amines) is 1. The van der Waals surface area contributed by atoms with Gasteiger partial charge in [-0.05, 0) is 49.1 Å². The molecule has 2 atom stereocenters. The van der Waals surface area contributed by atoms with E-state index in [0.29, 0.717) is 12.6 Å². The van der Waals surface area contributed by atoms with Gasteiger partial charge in [-0.1, -0.05) is 22.0 Å². The van der Waals surface area contributed by atoms with Crippen molar-refractivity contribution in [2.45, 2.75) is 25.3 Å². The Labute approximate surface area is 115 Å². The average Bonchev–Trinajstić information content (AvgIpc) is 2.92. The molecule has 1 heterocycles. The van der Waals surface area contributed by atoms with Crippen LogP contribution in [0.4, 0.5) is 0 Å². The summed E-state index contributed by atoms with van der Waals surface area (Å²) in [7, 11) is 0. The van der Waals surface area contributed by atoms with Gasteiger partial charge in [0.05, 0.1) is 5.92 Å². The van der Waals surface area contributed by atoms with E-state index in [-0.39, 0.29) is 5.92 Å². The lowest BCUT2D eigenvalue weighted by molar-refractivity contribution is -0.141. The monoisotopic (exact) mass is 309 g/mol. The highest BCUT2D eigenvalue weighted by Gasteiger charge is 2.35. The molecular formula is C14H16BrNO2. The molecule has 1 aromatic rings. The van der Waals surface area contributed by atoms with Gasteiger partial charge < -0.3 is 5.11 Å². The highest BCUT2D eigenvalue weighted by Crippen LogP contribution is 2.39. The van der Waals surface area contributed by atoms with Gasteiger partial charge in [0.2, 0.25) is 0 Å². The van der Waals surface area contributed by atoms with Crippen LogP contribution in [0.1, 0.15) is 30.0 Å². The zero-order valence-electron chi connectivity index (χ0n) is 10.1. The van der Waals surface area contributed by atoms with Gasteiger partial charge in [0.1, 0.15) is 0 Å². The normalized spacial score (nSPS) is 27.4. The maximum Gasteiger partial charge on any atom is 0.307 e. The summed E-state index contributed by atoms with van der Waals surface area (Å²) in [6.45, 7) is 1.62. The fourth-order valence-corrected chi connectivity index (χ4v) is 3.62. The number of aryl methyl sites for hydroxylation is 1. The molecule has 18 heavy (non-hydrogen) atoms. The van der Waals surface area contributed by atoms with Crippen LogP contribution in [0.2, 0.25) is 0 Å². The van der Waals surface area contributed by atoms with Crippen LogP contribution in [0.15, 0.2) is 22.7 Å². The lowest BCUT2D eigenvalue weighted by Crippen LogP contribution is -2.26. The van der Waals surface area contributed by atoms with E-state index in [1.807, 2.05) is 0 Å². The van der Waals surface area contributed by atoms with Crippen LogP contribution in [0.3, 0.4) is 0 Å². The number of carboxylic acid groups (broad SMARTS) is 1. The lowest BCUT2D eigenvalue weighted by Gasteiger charge is -2.24. The smallest absolute Gasteiger partial charge is 0.307 e. The van der Waals surface area contributed by atoms with Gasteiger partial charge in [-0.2, -0.15) is 0 Å². The van der Waals surface area contributed by atoms with E-state index in [9.17, 15) is 4.79 Å². The third kappa shape index (κ3) is 2.08. The number of rotatable bonds is 2. The molecule has 1 aliphatic carbocycles. The van der Waals surface area contributed by atoms with E-state index in [4.69, 9.17) is 5.11 Å². The molecule has 2 unspecified atom stereocenters. The van der Waals surface area contributed by atoms with Crippen LogP contribution in [0, 0.1) is 5.92 Å². The van der Waals surface area contributed by atoms with E-state index in [2.05, 4.69) is 39.0 Å². The zero-order chi connectivity index (χ0) is 12.7. The van der Waals surface area contributed by atoms with Gasteiger partial charge in [0, 0.05) is 17.1 Å². The minimum atomic E-state index is -0.647. The number of benzene rings is 1. The van der Waals surface area contributed by atoms with Gasteiger partial charge in [-0.15, -0.1) is 0 Å². The predicted molar refractivity (Wildman–Crippen MR) is 72.5 cm³/mol. The van der Waals surface area contributed by atoms with Crippen molar-refractivity contribution < 1.29 is 9.90 Å². The van der Waals surface area contributed by atoms with Gasteiger partial charge >= 0.3 is 5.97 Å². The van der Waals surface area contributed by atoms with Crippen molar-refractivity contribution in [1.82, 2.24) is 4.90 Å². The SMILES string of the molecule is O=C(O)C1CCN(C2CCc3cc(Br)ccc32)C1. The quantitative estimate of drug-likeness (QED) is 0.913. The first kappa shape index (κ1) is 12.2. The minimum absolute atomic E-state index is 0.176. The Morgan fingerprint density at radius 3 is 2.94 bits per heavy atom. The highest BCUT2D eigenvalue weighted by molar-refractivity contribution is 9.10. The zero-order valence-corrected chi connectivity index (χ0v) is 11.7. The van der Waals surface area contributed by atoms with Gasteiger partial charge in [-0.25, -0.2) is 0 Å². The molecule has 1 aromatic carbocycles. The average molecular weight is 310 g/mol. The molecule has 4 heteroatoms. The summed E-state index contributed by atoms with van der Waals surface area (Å²) in [5.41, 5.74) is 2.80. The molecule has 3 nitrogen and oxygen atoms in total. The fraction of sp³-hybridized carbons (Fsp3) is 0.500. The van der Waals surface area contributed by atoms with Crippen molar-refractivity contribution in [2.24, 2.45) is 5.92 Å². The van der Waals surface area contributed by atoms with Crippen molar-refractivity contribution >= 4 is 21.9 Å². The molecule has 0 spiro atoms. The largest absolute Gasteiger partial charge is 0.481 e. The standard InChI is InChI=1S/C14H16BrNO2/c15-11-2-3-12-9(7-11)1-4-13(12)16-6-5-10(8-16)14(17)18/h2-3,7,10,13H,1,4-6,8H2,(H,17,18). The second-order valence-corrected chi connectivity index (χ2v) is 6.13. The summed E-state index contributed by atoms with van der Waals surface area (Å²) in [6, 6.07) is 6.89. The Bertz CT molecular complexity index is 489. The first-order valence-corrected chi connectivity index (χ1v) is 7.19. The molecule has 1 N–H and O–H groups in total. The first-order valence-electron chi connectivity index (χ1n) is 6.40. The molecule has 1 saturated heterocycles. The Hall–Kier alpha value is -0.870. The summed E-state index contributed by atoms with van der Waals surface area (Å²) in [4.78, 5) is 13.4. The van der Waals surface area contributed by atoms with E-state index >= 15 is 0 Å². The van der Waals surface area contributed by atoms with Crippen LogP contribution in [-0.2, 0) is 11.2 Å². The number of halogens is 1. The number of hydrogen-bond acceptors (Lipinski definition) is 2. The Morgan fingerprint density at radius 2 is 2.22 bits per heavy atom. The summed E-state index contributed by atoms with van der Waals surface area (Å²) >= 11 is 3.51. The fourth-order valence-electron chi connectivity index (χ4n) is 3.21. The number of aliphatic carboxylic acids is 1.